The van der Waals surface area contributed by atoms with Crippen LogP contribution in [0.5, 0.6) is 23.0 Å². The molecule has 0 radical (unpaired) electrons. The molecule has 1 N–H and O–H groups in total. The fourth-order valence-corrected chi connectivity index (χ4v) is 5.28. The second kappa shape index (κ2) is 11.7. The van der Waals surface area contributed by atoms with Crippen LogP contribution in [0.3, 0.4) is 0 Å². The molecule has 3 atom stereocenters. The van der Waals surface area contributed by atoms with Crippen molar-refractivity contribution in [2.24, 2.45) is 10.9 Å². The van der Waals surface area contributed by atoms with Crippen molar-refractivity contribution in [1.29, 1.82) is 0 Å². The molecule has 0 spiro atoms. The van der Waals surface area contributed by atoms with E-state index in [0.717, 1.165) is 5.56 Å². The topological polar surface area (TPSA) is 113 Å². The molecule has 0 bridgehead atoms. The first-order valence-corrected chi connectivity index (χ1v) is 12.4. The minimum absolute atomic E-state index is 0.0784. The molecule has 9 nitrogen and oxygen atoms in total. The van der Waals surface area contributed by atoms with Gasteiger partial charge in [0.15, 0.2) is 28.8 Å². The van der Waals surface area contributed by atoms with Crippen molar-refractivity contribution in [1.82, 2.24) is 0 Å². The number of ketones is 1. The number of esters is 1. The van der Waals surface area contributed by atoms with Gasteiger partial charge in [-0.2, -0.15) is 0 Å². The van der Waals surface area contributed by atoms with Gasteiger partial charge in [0.25, 0.3) is 0 Å². The van der Waals surface area contributed by atoms with Crippen LogP contribution in [-0.2, 0) is 19.1 Å². The van der Waals surface area contributed by atoms with Crippen molar-refractivity contribution in [2.75, 3.05) is 41.7 Å². The zero-order chi connectivity index (χ0) is 27.4. The van der Waals surface area contributed by atoms with Crippen LogP contribution in [0, 0.1) is 5.92 Å². The van der Waals surface area contributed by atoms with Gasteiger partial charge in [0.05, 0.1) is 27.9 Å². The standard InChI is InChI=1S/C29H33NO8/c1-16-26(29(33)38-11-10-34-2)27(18-7-8-23(35-3)21(31)13-18)28-20(30-16)12-19(14-22(28)32)17-6-9-24(36-4)25(15-17)37-5/h6-9,13,15,19,26-27,31H,10-12,14H2,1-5H3/t19-,26?,27-/m1/s1. The van der Waals surface area contributed by atoms with E-state index in [0.29, 0.717) is 46.2 Å². The fraction of sp³-hybridized carbons (Fsp3) is 0.414. The third-order valence-electron chi connectivity index (χ3n) is 7.12. The number of carbonyl (C=O) groups excluding carboxylic acids is 2. The van der Waals surface area contributed by atoms with Crippen molar-refractivity contribution >= 4 is 17.5 Å². The summed E-state index contributed by atoms with van der Waals surface area (Å²) in [7, 11) is 6.13. The average Bonchev–Trinajstić information content (AvgIpc) is 2.91. The molecule has 0 saturated heterocycles. The number of aromatic hydroxyl groups is 1. The van der Waals surface area contributed by atoms with E-state index in [4.69, 9.17) is 28.7 Å². The Morgan fingerprint density at radius 2 is 1.61 bits per heavy atom. The maximum absolute atomic E-state index is 13.8. The van der Waals surface area contributed by atoms with Gasteiger partial charge in [-0.15, -0.1) is 0 Å². The Hall–Kier alpha value is -3.85. The summed E-state index contributed by atoms with van der Waals surface area (Å²) in [6, 6.07) is 10.6. The number of hydrogen-bond donors (Lipinski definition) is 1. The number of phenolic OH excluding ortho intramolecular Hbond substituents is 1. The third kappa shape index (κ3) is 5.24. The Morgan fingerprint density at radius 1 is 0.921 bits per heavy atom. The number of Topliss-reactive ketones (excluding diaryl/α,β-unsaturated/α-hetero) is 1. The summed E-state index contributed by atoms with van der Waals surface area (Å²) in [5.41, 5.74) is 3.21. The molecule has 0 amide bonds. The number of carbonyl (C=O) groups is 2. The SMILES string of the molecule is COCCOC(=O)C1C(C)=NC2=C(C(=O)C[C@H](c3ccc(OC)c(OC)c3)C2)[C@@H]1c1ccc(OC)c(O)c1. The predicted octanol–water partition coefficient (Wildman–Crippen LogP) is 4.18. The van der Waals surface area contributed by atoms with Crippen molar-refractivity contribution in [2.45, 2.75) is 31.6 Å². The molecule has 0 fully saturated rings. The highest BCUT2D eigenvalue weighted by molar-refractivity contribution is 6.09. The van der Waals surface area contributed by atoms with Crippen molar-refractivity contribution in [3.05, 3.63) is 58.8 Å². The average molecular weight is 524 g/mol. The van der Waals surface area contributed by atoms with Gasteiger partial charge in [0, 0.05) is 36.4 Å². The highest BCUT2D eigenvalue weighted by Gasteiger charge is 2.45. The van der Waals surface area contributed by atoms with Crippen LogP contribution in [-0.4, -0.2) is 64.2 Å². The fourth-order valence-electron chi connectivity index (χ4n) is 5.28. The lowest BCUT2D eigenvalue weighted by Crippen LogP contribution is -2.38. The molecule has 1 heterocycles. The van der Waals surface area contributed by atoms with Gasteiger partial charge in [0.2, 0.25) is 0 Å². The first kappa shape index (κ1) is 27.2. The van der Waals surface area contributed by atoms with Gasteiger partial charge in [-0.3, -0.25) is 14.6 Å². The molecular formula is C29H33NO8. The summed E-state index contributed by atoms with van der Waals surface area (Å²) in [6.07, 6.45) is 0.755. The lowest BCUT2D eigenvalue weighted by atomic mass is 9.69. The maximum atomic E-state index is 13.8. The van der Waals surface area contributed by atoms with Crippen LogP contribution in [0.1, 0.15) is 42.7 Å². The lowest BCUT2D eigenvalue weighted by Gasteiger charge is -2.36. The van der Waals surface area contributed by atoms with E-state index in [1.807, 2.05) is 18.2 Å². The first-order valence-electron chi connectivity index (χ1n) is 12.4. The van der Waals surface area contributed by atoms with E-state index in [1.54, 1.807) is 33.3 Å². The molecule has 1 aliphatic heterocycles. The number of rotatable bonds is 9. The number of aliphatic imine (C=N–C) groups is 1. The Kier molecular flexibility index (Phi) is 8.36. The quantitative estimate of drug-likeness (QED) is 0.385. The highest BCUT2D eigenvalue weighted by Crippen LogP contribution is 2.48. The van der Waals surface area contributed by atoms with E-state index < -0.39 is 17.8 Å². The van der Waals surface area contributed by atoms with Crippen LogP contribution in [0.2, 0.25) is 0 Å². The van der Waals surface area contributed by atoms with Crippen LogP contribution in [0.15, 0.2) is 52.7 Å². The summed E-state index contributed by atoms with van der Waals surface area (Å²) in [6.45, 7) is 2.11. The molecule has 4 rings (SSSR count). The van der Waals surface area contributed by atoms with Gasteiger partial charge in [-0.1, -0.05) is 12.1 Å². The van der Waals surface area contributed by atoms with Crippen molar-refractivity contribution in [3.63, 3.8) is 0 Å². The first-order chi connectivity index (χ1) is 18.3. The second-order valence-electron chi connectivity index (χ2n) is 9.30. The van der Waals surface area contributed by atoms with Gasteiger partial charge in [0.1, 0.15) is 12.5 Å². The van der Waals surface area contributed by atoms with Crippen LogP contribution >= 0.6 is 0 Å². The zero-order valence-corrected chi connectivity index (χ0v) is 22.3. The Balaban J connectivity index is 1.76. The van der Waals surface area contributed by atoms with Crippen LogP contribution in [0.25, 0.3) is 0 Å². The molecular weight excluding hydrogens is 490 g/mol. The lowest BCUT2D eigenvalue weighted by molar-refractivity contribution is -0.147. The molecule has 0 saturated carbocycles. The Bertz CT molecular complexity index is 1280. The minimum Gasteiger partial charge on any atom is -0.504 e. The van der Waals surface area contributed by atoms with Gasteiger partial charge >= 0.3 is 5.97 Å². The van der Waals surface area contributed by atoms with Crippen molar-refractivity contribution in [3.8, 4) is 23.0 Å². The number of hydrogen-bond acceptors (Lipinski definition) is 9. The highest BCUT2D eigenvalue weighted by atomic mass is 16.6. The van der Waals surface area contributed by atoms with Gasteiger partial charge in [-0.25, -0.2) is 0 Å². The molecule has 202 valence electrons. The van der Waals surface area contributed by atoms with Gasteiger partial charge < -0.3 is 28.8 Å². The molecule has 38 heavy (non-hydrogen) atoms. The molecule has 2 aromatic rings. The maximum Gasteiger partial charge on any atom is 0.315 e. The number of methoxy groups -OCH3 is 4. The Morgan fingerprint density at radius 3 is 2.26 bits per heavy atom. The molecule has 1 unspecified atom stereocenters. The van der Waals surface area contributed by atoms with Crippen molar-refractivity contribution < 1.29 is 38.4 Å². The smallest absolute Gasteiger partial charge is 0.315 e. The molecule has 9 heteroatoms. The zero-order valence-electron chi connectivity index (χ0n) is 22.3. The molecule has 2 aliphatic rings. The van der Waals surface area contributed by atoms with E-state index in [9.17, 15) is 14.7 Å². The van der Waals surface area contributed by atoms with E-state index in [1.165, 1.54) is 20.3 Å². The number of phenols is 1. The number of nitrogens with zero attached hydrogens (tertiary/aromatic N) is 1. The van der Waals surface area contributed by atoms with Crippen LogP contribution < -0.4 is 14.2 Å². The molecule has 2 aromatic carbocycles. The molecule has 0 aromatic heterocycles. The number of benzene rings is 2. The minimum atomic E-state index is -0.819. The normalized spacial score (nSPS) is 20.9. The summed E-state index contributed by atoms with van der Waals surface area (Å²) >= 11 is 0. The van der Waals surface area contributed by atoms with Crippen LogP contribution in [0.4, 0.5) is 0 Å². The predicted molar refractivity (Wildman–Crippen MR) is 140 cm³/mol. The van der Waals surface area contributed by atoms with E-state index >= 15 is 0 Å². The second-order valence-corrected chi connectivity index (χ2v) is 9.30. The van der Waals surface area contributed by atoms with E-state index in [2.05, 4.69) is 0 Å². The Labute approximate surface area is 222 Å². The van der Waals surface area contributed by atoms with Gasteiger partial charge in [-0.05, 0) is 54.7 Å². The third-order valence-corrected chi connectivity index (χ3v) is 7.12. The monoisotopic (exact) mass is 523 g/mol. The largest absolute Gasteiger partial charge is 0.504 e. The number of ether oxygens (including phenoxy) is 5. The summed E-state index contributed by atoms with van der Waals surface area (Å²) in [5, 5.41) is 10.5. The molecule has 1 aliphatic carbocycles. The summed E-state index contributed by atoms with van der Waals surface area (Å²) in [4.78, 5) is 31.8. The summed E-state index contributed by atoms with van der Waals surface area (Å²) in [5.74, 6) is -0.773. The number of allylic oxidation sites excluding steroid dienone is 2. The van der Waals surface area contributed by atoms with E-state index in [-0.39, 0.29) is 37.1 Å². The summed E-state index contributed by atoms with van der Waals surface area (Å²) < 4.78 is 26.5.